The first kappa shape index (κ1) is 6.02. The zero-order valence-corrected chi connectivity index (χ0v) is 6.57. The summed E-state index contributed by atoms with van der Waals surface area (Å²) in [5.41, 5.74) is 4.50. The number of H-pyrrole nitrogens is 1. The van der Waals surface area contributed by atoms with E-state index in [9.17, 15) is 0 Å². The Balaban J connectivity index is 2.54. The number of hydrogen-bond acceptors (Lipinski definition) is 0. The van der Waals surface area contributed by atoms with Gasteiger partial charge in [0, 0.05) is 11.9 Å². The molecule has 0 radical (unpaired) electrons. The highest BCUT2D eigenvalue weighted by Crippen LogP contribution is 2.33. The average molecular weight is 135 g/mol. The zero-order chi connectivity index (χ0) is 7.14. The summed E-state index contributed by atoms with van der Waals surface area (Å²) in [5, 5.41) is 0. The Labute approximate surface area is 61.5 Å². The normalized spacial score (nSPS) is 23.2. The highest BCUT2D eigenvalue weighted by atomic mass is 14.7. The maximum Gasteiger partial charge on any atom is 0.0185 e. The van der Waals surface area contributed by atoms with Crippen LogP contribution >= 0.6 is 0 Å². The summed E-state index contributed by atoms with van der Waals surface area (Å²) in [6.45, 7) is 4.50. The Morgan fingerprint density at radius 3 is 3.10 bits per heavy atom. The molecule has 54 valence electrons. The average Bonchev–Trinajstić information content (AvgIpc) is 2.40. The molecule has 1 aliphatic carbocycles. The smallest absolute Gasteiger partial charge is 0.0185 e. The van der Waals surface area contributed by atoms with E-state index in [0.29, 0.717) is 0 Å². The SMILES string of the molecule is Cc1c[nH]c2c1C(C)CC2. The minimum absolute atomic E-state index is 0.793. The van der Waals surface area contributed by atoms with Gasteiger partial charge in [-0.05, 0) is 36.8 Å². The fourth-order valence-corrected chi connectivity index (χ4v) is 1.99. The molecule has 0 spiro atoms. The lowest BCUT2D eigenvalue weighted by Gasteiger charge is -2.00. The molecule has 1 heterocycles. The van der Waals surface area contributed by atoms with E-state index in [1.165, 1.54) is 24.1 Å². The molecule has 1 unspecified atom stereocenters. The summed E-state index contributed by atoms with van der Waals surface area (Å²) in [4.78, 5) is 3.32. The van der Waals surface area contributed by atoms with Gasteiger partial charge in [0.25, 0.3) is 0 Å². The van der Waals surface area contributed by atoms with Crippen LogP contribution in [0.25, 0.3) is 0 Å². The van der Waals surface area contributed by atoms with E-state index in [1.807, 2.05) is 0 Å². The van der Waals surface area contributed by atoms with Gasteiger partial charge in [-0.1, -0.05) is 6.92 Å². The molecule has 1 atom stereocenters. The van der Waals surface area contributed by atoms with E-state index in [1.54, 1.807) is 5.56 Å². The second-order valence-corrected chi connectivity index (χ2v) is 3.30. The lowest BCUT2D eigenvalue weighted by Crippen LogP contribution is -1.85. The number of aromatic nitrogens is 1. The highest BCUT2D eigenvalue weighted by Gasteiger charge is 2.21. The summed E-state index contributed by atoms with van der Waals surface area (Å²) in [7, 11) is 0. The molecular formula is C9H13N. The minimum Gasteiger partial charge on any atom is -0.364 e. The quantitative estimate of drug-likeness (QED) is 0.562. The topological polar surface area (TPSA) is 15.8 Å². The third-order valence-electron chi connectivity index (χ3n) is 2.53. The van der Waals surface area contributed by atoms with Gasteiger partial charge in [-0.15, -0.1) is 0 Å². The molecule has 1 aliphatic rings. The van der Waals surface area contributed by atoms with Crippen molar-refractivity contribution in [3.05, 3.63) is 23.0 Å². The van der Waals surface area contributed by atoms with Gasteiger partial charge in [0.1, 0.15) is 0 Å². The standard InChI is InChI=1S/C9H13N/c1-6-3-4-8-9(6)7(2)5-10-8/h5-6,10H,3-4H2,1-2H3. The summed E-state index contributed by atoms with van der Waals surface area (Å²) in [6, 6.07) is 0. The molecule has 0 fully saturated rings. The van der Waals surface area contributed by atoms with Crippen LogP contribution in [-0.4, -0.2) is 4.98 Å². The van der Waals surface area contributed by atoms with Crippen molar-refractivity contribution in [2.75, 3.05) is 0 Å². The van der Waals surface area contributed by atoms with Crippen molar-refractivity contribution >= 4 is 0 Å². The minimum atomic E-state index is 0.793. The maximum atomic E-state index is 3.32. The van der Waals surface area contributed by atoms with E-state index < -0.39 is 0 Å². The van der Waals surface area contributed by atoms with Gasteiger partial charge in [0.15, 0.2) is 0 Å². The highest BCUT2D eigenvalue weighted by molar-refractivity contribution is 5.36. The van der Waals surface area contributed by atoms with E-state index in [4.69, 9.17) is 0 Å². The van der Waals surface area contributed by atoms with Crippen molar-refractivity contribution in [3.63, 3.8) is 0 Å². The molecule has 0 saturated carbocycles. The summed E-state index contributed by atoms with van der Waals surface area (Å²) in [6.07, 6.45) is 4.72. The predicted octanol–water partition coefficient (Wildman–Crippen LogP) is 2.37. The molecule has 1 heteroatoms. The Bertz CT molecular complexity index is 247. The van der Waals surface area contributed by atoms with Gasteiger partial charge in [-0.2, -0.15) is 0 Å². The van der Waals surface area contributed by atoms with Gasteiger partial charge < -0.3 is 4.98 Å². The maximum absolute atomic E-state index is 3.32. The molecule has 0 bridgehead atoms. The van der Waals surface area contributed by atoms with Crippen LogP contribution in [0.5, 0.6) is 0 Å². The molecule has 1 N–H and O–H groups in total. The number of rotatable bonds is 0. The number of aryl methyl sites for hydroxylation is 2. The van der Waals surface area contributed by atoms with E-state index >= 15 is 0 Å². The van der Waals surface area contributed by atoms with Crippen molar-refractivity contribution < 1.29 is 0 Å². The van der Waals surface area contributed by atoms with Gasteiger partial charge in [-0.3, -0.25) is 0 Å². The van der Waals surface area contributed by atoms with Gasteiger partial charge >= 0.3 is 0 Å². The molecule has 0 amide bonds. The Kier molecular flexibility index (Phi) is 1.13. The van der Waals surface area contributed by atoms with Crippen molar-refractivity contribution in [2.24, 2.45) is 0 Å². The van der Waals surface area contributed by atoms with Crippen LogP contribution in [0.4, 0.5) is 0 Å². The van der Waals surface area contributed by atoms with Crippen LogP contribution in [0, 0.1) is 6.92 Å². The second kappa shape index (κ2) is 1.88. The lowest BCUT2D eigenvalue weighted by molar-refractivity contribution is 0.739. The molecule has 0 aromatic carbocycles. The first-order valence-electron chi connectivity index (χ1n) is 3.96. The largest absolute Gasteiger partial charge is 0.364 e. The van der Waals surface area contributed by atoms with Gasteiger partial charge in [0.05, 0.1) is 0 Å². The van der Waals surface area contributed by atoms with Crippen LogP contribution in [-0.2, 0) is 6.42 Å². The van der Waals surface area contributed by atoms with Crippen LogP contribution in [0.15, 0.2) is 6.20 Å². The second-order valence-electron chi connectivity index (χ2n) is 3.30. The Morgan fingerprint density at radius 2 is 2.40 bits per heavy atom. The summed E-state index contributed by atoms with van der Waals surface area (Å²) < 4.78 is 0. The van der Waals surface area contributed by atoms with Gasteiger partial charge in [0.2, 0.25) is 0 Å². The van der Waals surface area contributed by atoms with Crippen LogP contribution in [0.2, 0.25) is 0 Å². The van der Waals surface area contributed by atoms with Crippen LogP contribution < -0.4 is 0 Å². The molecule has 1 nitrogen and oxygen atoms in total. The Morgan fingerprint density at radius 1 is 1.60 bits per heavy atom. The zero-order valence-electron chi connectivity index (χ0n) is 6.57. The number of fused-ring (bicyclic) bond motifs is 1. The van der Waals surface area contributed by atoms with Crippen LogP contribution in [0.1, 0.15) is 36.1 Å². The molecular weight excluding hydrogens is 122 g/mol. The molecule has 1 aromatic rings. The predicted molar refractivity (Wildman–Crippen MR) is 42.3 cm³/mol. The van der Waals surface area contributed by atoms with E-state index in [2.05, 4.69) is 25.0 Å². The number of nitrogens with one attached hydrogen (secondary N) is 1. The number of hydrogen-bond donors (Lipinski definition) is 1. The third-order valence-corrected chi connectivity index (χ3v) is 2.53. The van der Waals surface area contributed by atoms with Crippen molar-refractivity contribution in [3.8, 4) is 0 Å². The van der Waals surface area contributed by atoms with Crippen molar-refractivity contribution in [2.45, 2.75) is 32.6 Å². The lowest BCUT2D eigenvalue weighted by atomic mass is 10.0. The third kappa shape index (κ3) is 0.634. The fraction of sp³-hybridized carbons (Fsp3) is 0.556. The molecule has 2 rings (SSSR count). The number of aromatic amines is 1. The fourth-order valence-electron chi connectivity index (χ4n) is 1.99. The van der Waals surface area contributed by atoms with Crippen molar-refractivity contribution in [1.29, 1.82) is 0 Å². The Hall–Kier alpha value is -0.720. The van der Waals surface area contributed by atoms with E-state index in [-0.39, 0.29) is 0 Å². The van der Waals surface area contributed by atoms with Crippen LogP contribution in [0.3, 0.4) is 0 Å². The van der Waals surface area contributed by atoms with E-state index in [0.717, 1.165) is 5.92 Å². The summed E-state index contributed by atoms with van der Waals surface area (Å²) in [5.74, 6) is 0.793. The molecule has 0 aliphatic heterocycles. The van der Waals surface area contributed by atoms with Crippen molar-refractivity contribution in [1.82, 2.24) is 4.98 Å². The summed E-state index contributed by atoms with van der Waals surface area (Å²) >= 11 is 0. The first-order chi connectivity index (χ1) is 4.79. The van der Waals surface area contributed by atoms with Gasteiger partial charge in [-0.25, -0.2) is 0 Å². The molecule has 0 saturated heterocycles. The molecule has 1 aromatic heterocycles. The monoisotopic (exact) mass is 135 g/mol. The molecule has 10 heavy (non-hydrogen) atoms. The first-order valence-corrected chi connectivity index (χ1v) is 3.96.